The molecular weight excluding hydrogens is 1250 g/mol. The average Bonchev–Trinajstić information content (AvgIpc) is 1.17. The molecule has 0 aliphatic rings. The van der Waals surface area contributed by atoms with E-state index in [1.807, 2.05) is 54.1 Å². The maximum absolute atomic E-state index is 12.4. The number of hydrogen-bond donors (Lipinski definition) is 5. The highest BCUT2D eigenvalue weighted by Gasteiger charge is 2.23. The molecule has 7 N–H and O–H groups in total. The molecule has 2 aromatic carbocycles. The number of rotatable bonds is 18. The number of nitrogens with zero attached hydrogens (tertiary/aromatic N) is 9. The van der Waals surface area contributed by atoms with Gasteiger partial charge < -0.3 is 67.4 Å². The third kappa shape index (κ3) is 26.9. The molecule has 9 aromatic rings. The van der Waals surface area contributed by atoms with Gasteiger partial charge in [0.25, 0.3) is 5.17 Å². The highest BCUT2D eigenvalue weighted by Crippen LogP contribution is 2.23. The molecule has 1 unspecified atom stereocenters. The number of Topliss-reactive ketones (excluding diaryl/α,β-unsaturated/α-hetero) is 1. The zero-order valence-corrected chi connectivity index (χ0v) is 50.8. The molecule has 92 heavy (non-hydrogen) atoms. The molecular formula is C59H70ClN10O21S+. The number of esters is 3. The lowest BCUT2D eigenvalue weighted by atomic mass is 10.1. The summed E-state index contributed by atoms with van der Waals surface area (Å²) in [5, 5.41) is 52.1. The van der Waals surface area contributed by atoms with Gasteiger partial charge >= 0.3 is 23.9 Å². The van der Waals surface area contributed by atoms with Gasteiger partial charge in [0.05, 0.1) is 49.9 Å². The number of benzene rings is 2. The Morgan fingerprint density at radius 2 is 1.24 bits per heavy atom. The van der Waals surface area contributed by atoms with Crippen LogP contribution in [0.1, 0.15) is 129 Å². The van der Waals surface area contributed by atoms with Crippen molar-refractivity contribution in [2.45, 2.75) is 93.2 Å². The van der Waals surface area contributed by atoms with Crippen molar-refractivity contribution >= 4 is 62.6 Å². The van der Waals surface area contributed by atoms with Gasteiger partial charge in [0, 0.05) is 57.7 Å². The molecule has 9 rings (SSSR count). The third-order valence-corrected chi connectivity index (χ3v) is 12.5. The molecule has 0 saturated heterocycles. The number of sulfone groups is 1. The fourth-order valence-electron chi connectivity index (χ4n) is 6.12. The van der Waals surface area contributed by atoms with Gasteiger partial charge in [0.2, 0.25) is 21.4 Å². The van der Waals surface area contributed by atoms with Crippen molar-refractivity contribution < 1.29 is 105 Å². The van der Waals surface area contributed by atoms with Crippen LogP contribution in [0.3, 0.4) is 0 Å². The highest BCUT2D eigenvalue weighted by atomic mass is 35.5. The highest BCUT2D eigenvalue weighted by molar-refractivity contribution is 7.91. The topological polar surface area (TPSA) is 459 Å². The van der Waals surface area contributed by atoms with Gasteiger partial charge in [-0.2, -0.15) is 5.10 Å². The first-order valence-electron chi connectivity index (χ1n) is 26.1. The number of aldehydes is 1. The van der Waals surface area contributed by atoms with Gasteiger partial charge in [-0.15, -0.1) is 6.42 Å². The predicted molar refractivity (Wildman–Crippen MR) is 324 cm³/mol. The van der Waals surface area contributed by atoms with E-state index in [4.69, 9.17) is 50.0 Å². The summed E-state index contributed by atoms with van der Waals surface area (Å²) in [5.41, 5.74) is 6.74. The number of carbonyl (C=O) groups is 6. The van der Waals surface area contributed by atoms with Gasteiger partial charge in [0.1, 0.15) is 13.2 Å². The number of terminal acetylenes is 1. The lowest BCUT2D eigenvalue weighted by Gasteiger charge is -2.04. The number of carbonyl (C=O) groups excluding carboxylic acids is 5. The Kier molecular flexibility index (Phi) is 35.8. The molecule has 33 heteroatoms. The van der Waals surface area contributed by atoms with Crippen LogP contribution in [0.2, 0.25) is 0 Å². The third-order valence-electron chi connectivity index (χ3n) is 10.3. The van der Waals surface area contributed by atoms with Crippen LogP contribution >= 0.6 is 11.6 Å². The summed E-state index contributed by atoms with van der Waals surface area (Å²) in [6.45, 7) is 12.9. The number of ketones is 1. The van der Waals surface area contributed by atoms with Crippen molar-refractivity contribution in [3.05, 3.63) is 166 Å². The minimum Gasteiger partial charge on any atom is -0.476 e. The van der Waals surface area contributed by atoms with E-state index < -0.39 is 44.3 Å². The molecule has 0 aliphatic carbocycles. The zero-order valence-electron chi connectivity index (χ0n) is 49.2. The number of oxime groups is 1. The lowest BCUT2D eigenvalue weighted by Crippen LogP contribution is -2.62. The van der Waals surface area contributed by atoms with Gasteiger partial charge in [-0.25, -0.2) is 37.6 Å². The smallest absolute Gasteiger partial charge is 0.372 e. The molecule has 0 radical (unpaired) electrons. The van der Waals surface area contributed by atoms with Crippen molar-refractivity contribution in [3.63, 3.8) is 0 Å². The molecule has 7 heterocycles. The fraction of sp³-hybridized carbons (Fsp3) is 0.288. The summed E-state index contributed by atoms with van der Waals surface area (Å²) in [6.07, 6.45) is 11.7. The second-order valence-electron chi connectivity index (χ2n) is 17.2. The first kappa shape index (κ1) is 79.3. The number of quaternary nitrogens is 1. The number of carboxylic acids is 1. The summed E-state index contributed by atoms with van der Waals surface area (Å²) in [5.74, 6) is 1.46. The minimum absolute atomic E-state index is 0. The molecule has 0 spiro atoms. The van der Waals surface area contributed by atoms with Crippen molar-refractivity contribution in [1.29, 1.82) is 0 Å². The molecule has 1 atom stereocenters. The number of aromatic nitrogens is 8. The maximum atomic E-state index is 12.4. The van der Waals surface area contributed by atoms with Crippen LogP contribution in [-0.4, -0.2) is 142 Å². The lowest BCUT2D eigenvalue weighted by molar-refractivity contribution is -0.382. The van der Waals surface area contributed by atoms with E-state index in [1.165, 1.54) is 30.6 Å². The molecule has 0 aliphatic heterocycles. The van der Waals surface area contributed by atoms with Crippen molar-refractivity contribution in [3.8, 4) is 35.4 Å². The van der Waals surface area contributed by atoms with Crippen LogP contribution < -0.4 is 5.73 Å². The standard InChI is InChI=1S/C19H16N4O3.C9H13NO2S.C8H6N2O4.C7H9NO4.C7H7NO4.C4H6ClNO3.C3H4O.2CH4/c1-13-20-10-19(25-13)18-8-16(22-26-18)17(24)7-15-9-21-23(12-15)11-14-5-3-2-4-6-14;1-7-3-5-9(6-4-7)13(11,12)8(2)10;1-4-9-3-7(13-4)6-2-5(8(11)12)10-14-6;2*1-2-11-7(10)6-3-5(4-9)12-8-6;1-2-9-4(7)3(5)6-8;1-2-3-4;;/h2-6,8-10,12H,7,11H2,1H3;3-6,8H,10H2,1-2H3;2-3H,1H3,(H,11,12);3,9H,2,4H2,1H3;3-4H,2H2,1H3;8H,2H2,1H3;1,4H,3H2;2*1H4/p+1/b;;;;;6-3-;;;. The van der Waals surface area contributed by atoms with E-state index in [9.17, 15) is 37.2 Å². The van der Waals surface area contributed by atoms with Crippen LogP contribution in [0.5, 0.6) is 0 Å². The second kappa shape index (κ2) is 41.5. The van der Waals surface area contributed by atoms with Crippen molar-refractivity contribution in [2.24, 2.45) is 5.16 Å². The number of carboxylic acid groups (broad SMARTS) is 1. The largest absolute Gasteiger partial charge is 0.476 e. The normalized spacial score (nSPS) is 10.5. The first-order valence-corrected chi connectivity index (χ1v) is 28.1. The molecule has 31 nitrogen and oxygen atoms in total. The second-order valence-corrected chi connectivity index (χ2v) is 20.0. The molecule has 0 amide bonds. The van der Waals surface area contributed by atoms with Crippen LogP contribution in [0, 0.1) is 33.1 Å². The van der Waals surface area contributed by atoms with E-state index in [-0.39, 0.29) is 93.5 Å². The Morgan fingerprint density at radius 3 is 1.67 bits per heavy atom. The molecule has 0 saturated carbocycles. The van der Waals surface area contributed by atoms with E-state index in [0.717, 1.165) is 16.7 Å². The van der Waals surface area contributed by atoms with Gasteiger partial charge in [-0.1, -0.05) is 106 Å². The number of hydrogen-bond acceptors (Lipinski definition) is 28. The minimum atomic E-state index is -3.20. The number of aryl methyl sites for hydroxylation is 3. The van der Waals surface area contributed by atoms with Crippen molar-refractivity contribution in [1.82, 2.24) is 40.4 Å². The number of aromatic carboxylic acids is 1. The molecule has 0 bridgehead atoms. The SMILES string of the molecule is C.C.C#CCO.CCOC(=O)/C(Cl)=N/O.CCOC(=O)c1cc(C=O)on1.CCOC(=O)c1cc(CO)on1.Cc1ccc(S(=O)(=O)C(C)[NH3+])cc1.Cc1ncc(-c2cc(C(=O)Cc3cnn(Cc4ccccc4)c3)no2)o1.Cc1ncc(-c2cc(C(=O)O)no2)o1. The average molecular weight is 1320 g/mol. The van der Waals surface area contributed by atoms with Crippen LogP contribution in [0.15, 0.2) is 141 Å². The van der Waals surface area contributed by atoms with E-state index in [1.54, 1.807) is 78.1 Å². The van der Waals surface area contributed by atoms with E-state index in [0.29, 0.717) is 53.4 Å². The van der Waals surface area contributed by atoms with E-state index in [2.05, 4.69) is 76.3 Å². The van der Waals surface area contributed by atoms with Gasteiger partial charge in [0.15, 0.2) is 75.0 Å². The number of oxazole rings is 2. The quantitative estimate of drug-likeness (QED) is 0.00812. The van der Waals surface area contributed by atoms with Crippen molar-refractivity contribution in [2.75, 3.05) is 26.4 Å². The number of aliphatic hydroxyl groups is 2. The molecule has 494 valence electrons. The fourth-order valence-corrected chi connectivity index (χ4v) is 7.16. The Morgan fingerprint density at radius 1 is 0.728 bits per heavy atom. The number of aliphatic hydroxyl groups excluding tert-OH is 2. The first-order chi connectivity index (χ1) is 43.0. The Labute approximate surface area is 532 Å². The maximum Gasteiger partial charge on any atom is 0.372 e. The van der Waals surface area contributed by atoms with Crippen LogP contribution in [-0.2, 0) is 48.4 Å². The Bertz CT molecular complexity index is 3870. The van der Waals surface area contributed by atoms with Crippen LogP contribution in [0.4, 0.5) is 0 Å². The monoisotopic (exact) mass is 1320 g/mol. The van der Waals surface area contributed by atoms with Crippen LogP contribution in [0.25, 0.3) is 23.0 Å². The summed E-state index contributed by atoms with van der Waals surface area (Å²) in [6, 6.07) is 22.3. The van der Waals surface area contributed by atoms with E-state index >= 15 is 0 Å². The van der Waals surface area contributed by atoms with Gasteiger partial charge in [-0.05, 0) is 51.0 Å². The summed E-state index contributed by atoms with van der Waals surface area (Å²) >= 11 is 5.02. The molecule has 0 fully saturated rings. The number of ether oxygens (including phenoxy) is 3. The number of halogens is 1. The Balaban J connectivity index is 0.000000564. The summed E-state index contributed by atoms with van der Waals surface area (Å²) in [7, 11) is -3.20. The Hall–Kier alpha value is -10.7. The van der Waals surface area contributed by atoms with Gasteiger partial charge in [-0.3, -0.25) is 14.3 Å². The summed E-state index contributed by atoms with van der Waals surface area (Å²) < 4.78 is 68.0. The zero-order chi connectivity index (χ0) is 66.8. The summed E-state index contributed by atoms with van der Waals surface area (Å²) in [4.78, 5) is 73.4. The molecule has 7 aromatic heterocycles. The predicted octanol–water partition coefficient (Wildman–Crippen LogP) is 7.47.